The third-order valence-corrected chi connectivity index (χ3v) is 6.65. The average molecular weight is 500 g/mol. The van der Waals surface area contributed by atoms with Gasteiger partial charge in [0.05, 0.1) is 18.2 Å². The molecule has 0 saturated heterocycles. The summed E-state index contributed by atoms with van der Waals surface area (Å²) in [6.45, 7) is 0. The molecule has 12 heteroatoms. The largest absolute Gasteiger partial charge is 1.00 e. The summed E-state index contributed by atoms with van der Waals surface area (Å²) in [6.07, 6.45) is 2.77. The Balaban J connectivity index is 0.00000363. The van der Waals surface area contributed by atoms with Gasteiger partial charge in [-0.1, -0.05) is 11.6 Å². The molecule has 2 fully saturated rings. The number of aliphatic hydroxyl groups excluding tert-OH is 2. The second-order valence-electron chi connectivity index (χ2n) is 8.46. The summed E-state index contributed by atoms with van der Waals surface area (Å²) in [6, 6.07) is 0. The predicted octanol–water partition coefficient (Wildman–Crippen LogP) is -11.8. The van der Waals surface area contributed by atoms with Gasteiger partial charge < -0.3 is 39.9 Å². The molecule has 34 heavy (non-hydrogen) atoms. The van der Waals surface area contributed by atoms with Gasteiger partial charge in [-0.3, -0.25) is 4.79 Å². The summed E-state index contributed by atoms with van der Waals surface area (Å²) in [5.41, 5.74) is 0.462. The van der Waals surface area contributed by atoms with Crippen molar-refractivity contribution in [2.24, 2.45) is 23.7 Å². The Labute approximate surface area is 263 Å². The minimum Gasteiger partial charge on any atom is -0.550 e. The monoisotopic (exact) mass is 500 g/mol. The van der Waals surface area contributed by atoms with Crippen LogP contribution >= 0.6 is 0 Å². The van der Waals surface area contributed by atoms with Gasteiger partial charge in [0.1, 0.15) is 0 Å². The van der Waals surface area contributed by atoms with Crippen LogP contribution in [0.3, 0.4) is 0 Å². The molecular formula is C22H23Na3O9. The minimum absolute atomic E-state index is 0. The molecule has 0 heterocycles. The van der Waals surface area contributed by atoms with Crippen LogP contribution in [0.25, 0.3) is 0 Å². The maximum atomic E-state index is 11.9. The topological polar surface area (TPSA) is 178 Å². The van der Waals surface area contributed by atoms with E-state index in [9.17, 15) is 44.7 Å². The summed E-state index contributed by atoms with van der Waals surface area (Å²) in [5.74, 6) is -8.23. The number of ketones is 1. The fourth-order valence-electron chi connectivity index (χ4n) is 5.05. The first-order chi connectivity index (χ1) is 14.6. The van der Waals surface area contributed by atoms with E-state index in [4.69, 9.17) is 0 Å². The molecule has 0 bridgehead atoms. The third-order valence-electron chi connectivity index (χ3n) is 6.65. The minimum atomic E-state index is -1.65. The van der Waals surface area contributed by atoms with Crippen LogP contribution in [-0.4, -0.2) is 46.1 Å². The van der Waals surface area contributed by atoms with Crippen molar-refractivity contribution < 1.29 is 133 Å². The molecule has 9 nitrogen and oxygen atoms in total. The van der Waals surface area contributed by atoms with Crippen molar-refractivity contribution in [3.8, 4) is 0 Å². The van der Waals surface area contributed by atoms with Gasteiger partial charge in [0.2, 0.25) is 0 Å². The molecule has 6 unspecified atom stereocenters. The van der Waals surface area contributed by atoms with Crippen LogP contribution in [0.1, 0.15) is 38.5 Å². The number of carbonyl (C=O) groups is 4. The first kappa shape index (κ1) is 34.2. The van der Waals surface area contributed by atoms with Crippen molar-refractivity contribution in [2.45, 2.75) is 50.7 Å². The fourth-order valence-corrected chi connectivity index (χ4v) is 5.05. The van der Waals surface area contributed by atoms with E-state index in [0.29, 0.717) is 24.0 Å². The van der Waals surface area contributed by atoms with Gasteiger partial charge in [0.25, 0.3) is 0 Å². The van der Waals surface area contributed by atoms with Crippen LogP contribution in [-0.2, 0) is 19.2 Å². The number of carboxylic acid groups (broad SMARTS) is 3. The number of rotatable bonds is 5. The Kier molecular flexibility index (Phi) is 14.9. The van der Waals surface area contributed by atoms with E-state index >= 15 is 0 Å². The quantitative estimate of drug-likeness (QED) is 0.274. The van der Waals surface area contributed by atoms with Gasteiger partial charge in [0, 0.05) is 29.3 Å². The normalized spacial score (nSPS) is 30.6. The van der Waals surface area contributed by atoms with Crippen molar-refractivity contribution in [1.29, 1.82) is 0 Å². The second-order valence-corrected chi connectivity index (χ2v) is 8.46. The molecular weight excluding hydrogens is 477 g/mol. The zero-order valence-electron chi connectivity index (χ0n) is 19.7. The van der Waals surface area contributed by atoms with E-state index in [-0.39, 0.29) is 114 Å². The molecule has 0 aromatic carbocycles. The molecule has 0 spiro atoms. The fraction of sp³-hybridized carbons (Fsp3) is 0.545. The SMILES string of the molecule is O=C([O-])C1=CC(=C(C2CCC(O)C(C(=O)[O-])C2)C2CCC(O)C(C(=O)[O-])C2)C=CC1=O.[Na+].[Na+].[Na+]. The number of carbonyl (C=O) groups excluding carboxylic acids is 4. The summed E-state index contributed by atoms with van der Waals surface area (Å²) in [7, 11) is 0. The Hall–Kier alpha value is 0.220. The Bertz CT molecular complexity index is 856. The van der Waals surface area contributed by atoms with Crippen LogP contribution in [0.4, 0.5) is 0 Å². The summed E-state index contributed by atoms with van der Waals surface area (Å²) in [5, 5.41) is 54.4. The number of aliphatic carboxylic acids is 3. The smallest absolute Gasteiger partial charge is 0.550 e. The third kappa shape index (κ3) is 7.86. The van der Waals surface area contributed by atoms with E-state index < -0.39 is 65.1 Å². The van der Waals surface area contributed by atoms with Gasteiger partial charge in [-0.05, 0) is 68.1 Å². The van der Waals surface area contributed by atoms with E-state index in [1.807, 2.05) is 0 Å². The molecule has 0 amide bonds. The van der Waals surface area contributed by atoms with Crippen molar-refractivity contribution >= 4 is 23.7 Å². The zero-order chi connectivity index (χ0) is 22.9. The van der Waals surface area contributed by atoms with Crippen LogP contribution in [0.2, 0.25) is 0 Å². The van der Waals surface area contributed by atoms with E-state index in [2.05, 4.69) is 0 Å². The molecule has 2 saturated carbocycles. The Morgan fingerprint density at radius 2 is 1.21 bits per heavy atom. The molecule has 3 rings (SSSR count). The molecule has 3 aliphatic rings. The summed E-state index contributed by atoms with van der Waals surface area (Å²) in [4.78, 5) is 46.2. The molecule has 6 atom stereocenters. The molecule has 0 aliphatic heterocycles. The molecule has 0 aromatic rings. The van der Waals surface area contributed by atoms with E-state index in [0.717, 1.165) is 6.08 Å². The first-order valence-electron chi connectivity index (χ1n) is 10.3. The number of allylic oxidation sites excluding steroid dienone is 5. The Morgan fingerprint density at radius 3 is 1.59 bits per heavy atom. The van der Waals surface area contributed by atoms with Crippen LogP contribution < -0.4 is 104 Å². The molecule has 3 aliphatic carbocycles. The van der Waals surface area contributed by atoms with Crippen molar-refractivity contribution in [1.82, 2.24) is 0 Å². The Morgan fingerprint density at radius 1 is 0.765 bits per heavy atom. The molecule has 0 aromatic heterocycles. The number of carboxylic acids is 3. The predicted molar refractivity (Wildman–Crippen MR) is 98.0 cm³/mol. The van der Waals surface area contributed by atoms with Gasteiger partial charge >= 0.3 is 88.7 Å². The van der Waals surface area contributed by atoms with Gasteiger partial charge in [-0.2, -0.15) is 0 Å². The average Bonchev–Trinajstić information content (AvgIpc) is 2.71. The van der Waals surface area contributed by atoms with Crippen LogP contribution in [0.15, 0.2) is 34.9 Å². The van der Waals surface area contributed by atoms with Crippen LogP contribution in [0.5, 0.6) is 0 Å². The molecule has 0 radical (unpaired) electrons. The van der Waals surface area contributed by atoms with Gasteiger partial charge in [-0.25, -0.2) is 0 Å². The van der Waals surface area contributed by atoms with E-state index in [1.54, 1.807) is 0 Å². The number of aliphatic hydroxyl groups is 2. The van der Waals surface area contributed by atoms with Crippen molar-refractivity contribution in [3.63, 3.8) is 0 Å². The number of hydrogen-bond acceptors (Lipinski definition) is 9. The molecule has 168 valence electrons. The van der Waals surface area contributed by atoms with Gasteiger partial charge in [0.15, 0.2) is 5.78 Å². The maximum Gasteiger partial charge on any atom is 1.00 e. The van der Waals surface area contributed by atoms with Gasteiger partial charge in [-0.15, -0.1) is 0 Å². The zero-order valence-corrected chi connectivity index (χ0v) is 25.7. The first-order valence-corrected chi connectivity index (χ1v) is 10.3. The van der Waals surface area contributed by atoms with Crippen molar-refractivity contribution in [3.05, 3.63) is 34.9 Å². The van der Waals surface area contributed by atoms with Crippen LogP contribution in [0, 0.1) is 23.7 Å². The maximum absolute atomic E-state index is 11.9. The number of hydrogen-bond donors (Lipinski definition) is 2. The van der Waals surface area contributed by atoms with Crippen molar-refractivity contribution in [2.75, 3.05) is 0 Å². The summed E-state index contributed by atoms with van der Waals surface area (Å²) < 4.78 is 0. The molecule has 2 N–H and O–H groups in total. The van der Waals surface area contributed by atoms with E-state index in [1.165, 1.54) is 12.2 Å². The second kappa shape index (κ2) is 14.8. The standard InChI is InChI=1S/C22H26O9.3Na/c23-16-4-1-10(7-13(16)20(26)27)19(11-2-5-17(24)14(8-11)21(28)29)12-3-6-18(25)15(9-12)22(30)31;;;/h1,4,7,11-12,14-15,17-18,24-25H,2-3,5-6,8-9H2,(H,26,27)(H,28,29)(H,30,31);;;/q;3*+1/p-3. The summed E-state index contributed by atoms with van der Waals surface area (Å²) >= 11 is 0.